The fraction of sp³-hybridized carbons (Fsp3) is 0.462. The fourth-order valence-corrected chi connectivity index (χ4v) is 1.96. The molecule has 1 fully saturated rings. The number of rotatable bonds is 4. The summed E-state index contributed by atoms with van der Waals surface area (Å²) in [6, 6.07) is 7.53. The monoisotopic (exact) mass is 270 g/mol. The minimum atomic E-state index is 0. The molecule has 1 aliphatic rings. The van der Waals surface area contributed by atoms with E-state index in [0.29, 0.717) is 6.61 Å². The Balaban J connectivity index is 0.00000162. The number of ether oxygens (including phenoxy) is 1. The Bertz CT molecular complexity index is 392. The molecular formula is C13H19ClN2O2. The first-order chi connectivity index (χ1) is 8.31. The summed E-state index contributed by atoms with van der Waals surface area (Å²) in [6.45, 7) is 4.21. The number of hydrogen-bond acceptors (Lipinski definition) is 3. The maximum atomic E-state index is 12.0. The SMILES string of the molecule is CCOc1ccccc1NC(=O)C1CCNC1.Cl. The molecule has 0 aromatic heterocycles. The summed E-state index contributed by atoms with van der Waals surface area (Å²) in [5.41, 5.74) is 0.756. The van der Waals surface area contributed by atoms with E-state index in [-0.39, 0.29) is 24.2 Å². The number of para-hydroxylation sites is 2. The van der Waals surface area contributed by atoms with Crippen LogP contribution in [0.5, 0.6) is 5.75 Å². The molecule has 0 saturated carbocycles. The van der Waals surface area contributed by atoms with Gasteiger partial charge in [-0.05, 0) is 32.0 Å². The molecule has 5 heteroatoms. The van der Waals surface area contributed by atoms with Crippen molar-refractivity contribution in [2.75, 3.05) is 25.0 Å². The fourth-order valence-electron chi connectivity index (χ4n) is 1.96. The molecule has 0 bridgehead atoms. The summed E-state index contributed by atoms with van der Waals surface area (Å²) < 4.78 is 5.47. The van der Waals surface area contributed by atoms with Crippen LogP contribution in [0.15, 0.2) is 24.3 Å². The molecule has 1 aromatic carbocycles. The second-order valence-electron chi connectivity index (χ2n) is 4.11. The summed E-state index contributed by atoms with van der Waals surface area (Å²) in [7, 11) is 0. The van der Waals surface area contributed by atoms with Crippen molar-refractivity contribution in [3.8, 4) is 5.75 Å². The quantitative estimate of drug-likeness (QED) is 0.881. The number of carbonyl (C=O) groups is 1. The highest BCUT2D eigenvalue weighted by Gasteiger charge is 2.22. The van der Waals surface area contributed by atoms with Gasteiger partial charge in [0.15, 0.2) is 0 Å². The molecule has 18 heavy (non-hydrogen) atoms. The van der Waals surface area contributed by atoms with Crippen molar-refractivity contribution in [2.45, 2.75) is 13.3 Å². The van der Waals surface area contributed by atoms with Gasteiger partial charge in [-0.15, -0.1) is 12.4 Å². The molecule has 1 aliphatic heterocycles. The maximum Gasteiger partial charge on any atom is 0.228 e. The minimum absolute atomic E-state index is 0. The first-order valence-electron chi connectivity index (χ1n) is 6.04. The molecule has 1 atom stereocenters. The van der Waals surface area contributed by atoms with Gasteiger partial charge in [-0.3, -0.25) is 4.79 Å². The molecular weight excluding hydrogens is 252 g/mol. The van der Waals surface area contributed by atoms with Crippen molar-refractivity contribution in [1.82, 2.24) is 5.32 Å². The minimum Gasteiger partial charge on any atom is -0.492 e. The van der Waals surface area contributed by atoms with Crippen LogP contribution >= 0.6 is 12.4 Å². The Morgan fingerprint density at radius 2 is 2.28 bits per heavy atom. The van der Waals surface area contributed by atoms with Crippen LogP contribution in [0.3, 0.4) is 0 Å². The number of carbonyl (C=O) groups excluding carboxylic acids is 1. The highest BCUT2D eigenvalue weighted by molar-refractivity contribution is 5.94. The van der Waals surface area contributed by atoms with Gasteiger partial charge in [-0.2, -0.15) is 0 Å². The molecule has 1 heterocycles. The van der Waals surface area contributed by atoms with E-state index in [4.69, 9.17) is 4.74 Å². The van der Waals surface area contributed by atoms with E-state index in [0.717, 1.165) is 30.9 Å². The molecule has 4 nitrogen and oxygen atoms in total. The van der Waals surface area contributed by atoms with Crippen molar-refractivity contribution in [1.29, 1.82) is 0 Å². The van der Waals surface area contributed by atoms with E-state index in [1.807, 2.05) is 31.2 Å². The highest BCUT2D eigenvalue weighted by Crippen LogP contribution is 2.24. The third-order valence-electron chi connectivity index (χ3n) is 2.88. The summed E-state index contributed by atoms with van der Waals surface area (Å²) in [6.07, 6.45) is 0.905. The predicted octanol–water partition coefficient (Wildman–Crippen LogP) is 2.06. The van der Waals surface area contributed by atoms with Gasteiger partial charge in [0.25, 0.3) is 0 Å². The lowest BCUT2D eigenvalue weighted by Gasteiger charge is -2.13. The second kappa shape index (κ2) is 7.24. The summed E-state index contributed by atoms with van der Waals surface area (Å²) >= 11 is 0. The van der Waals surface area contributed by atoms with Gasteiger partial charge in [0.1, 0.15) is 5.75 Å². The van der Waals surface area contributed by atoms with Gasteiger partial charge in [0.2, 0.25) is 5.91 Å². The molecule has 1 saturated heterocycles. The van der Waals surface area contributed by atoms with E-state index < -0.39 is 0 Å². The molecule has 0 aliphatic carbocycles. The number of halogens is 1. The highest BCUT2D eigenvalue weighted by atomic mass is 35.5. The molecule has 100 valence electrons. The van der Waals surface area contributed by atoms with Gasteiger partial charge >= 0.3 is 0 Å². The van der Waals surface area contributed by atoms with E-state index in [9.17, 15) is 4.79 Å². The van der Waals surface area contributed by atoms with E-state index in [1.54, 1.807) is 0 Å². The number of hydrogen-bond donors (Lipinski definition) is 2. The average molecular weight is 271 g/mol. The van der Waals surface area contributed by atoms with Crippen LogP contribution in [0.25, 0.3) is 0 Å². The lowest BCUT2D eigenvalue weighted by Crippen LogP contribution is -2.24. The number of benzene rings is 1. The summed E-state index contributed by atoms with van der Waals surface area (Å²) in [4.78, 5) is 12.0. The zero-order chi connectivity index (χ0) is 12.1. The van der Waals surface area contributed by atoms with Crippen molar-refractivity contribution in [2.24, 2.45) is 5.92 Å². The van der Waals surface area contributed by atoms with Gasteiger partial charge in [-0.1, -0.05) is 12.1 Å². The third kappa shape index (κ3) is 3.62. The van der Waals surface area contributed by atoms with Crippen LogP contribution in [-0.4, -0.2) is 25.6 Å². The topological polar surface area (TPSA) is 50.4 Å². The Kier molecular flexibility index (Phi) is 5.95. The normalized spacial score (nSPS) is 17.9. The van der Waals surface area contributed by atoms with E-state index in [1.165, 1.54) is 0 Å². The van der Waals surface area contributed by atoms with Crippen molar-refractivity contribution in [3.05, 3.63) is 24.3 Å². The van der Waals surface area contributed by atoms with Crippen LogP contribution in [0.2, 0.25) is 0 Å². The van der Waals surface area contributed by atoms with Crippen LogP contribution in [0, 0.1) is 5.92 Å². The third-order valence-corrected chi connectivity index (χ3v) is 2.88. The van der Waals surface area contributed by atoms with Crippen molar-refractivity contribution < 1.29 is 9.53 Å². The van der Waals surface area contributed by atoms with Gasteiger partial charge < -0.3 is 15.4 Å². The first kappa shape index (κ1) is 14.8. The first-order valence-corrected chi connectivity index (χ1v) is 6.04. The largest absolute Gasteiger partial charge is 0.492 e. The lowest BCUT2D eigenvalue weighted by atomic mass is 10.1. The smallest absolute Gasteiger partial charge is 0.228 e. The molecule has 1 unspecified atom stereocenters. The number of anilines is 1. The Morgan fingerprint density at radius 1 is 1.50 bits per heavy atom. The van der Waals surface area contributed by atoms with Crippen LogP contribution in [0.1, 0.15) is 13.3 Å². The Hall–Kier alpha value is -1.26. The van der Waals surface area contributed by atoms with Gasteiger partial charge in [0.05, 0.1) is 18.2 Å². The molecule has 2 rings (SSSR count). The van der Waals surface area contributed by atoms with Gasteiger partial charge in [-0.25, -0.2) is 0 Å². The van der Waals surface area contributed by atoms with Gasteiger partial charge in [0, 0.05) is 6.54 Å². The molecule has 1 amide bonds. The van der Waals surface area contributed by atoms with Crippen LogP contribution in [0.4, 0.5) is 5.69 Å². The lowest BCUT2D eigenvalue weighted by molar-refractivity contribution is -0.119. The average Bonchev–Trinajstić information content (AvgIpc) is 2.85. The zero-order valence-electron chi connectivity index (χ0n) is 10.4. The van der Waals surface area contributed by atoms with E-state index >= 15 is 0 Å². The van der Waals surface area contributed by atoms with Crippen LogP contribution in [-0.2, 0) is 4.79 Å². The number of nitrogens with one attached hydrogen (secondary N) is 2. The van der Waals surface area contributed by atoms with E-state index in [2.05, 4.69) is 10.6 Å². The second-order valence-corrected chi connectivity index (χ2v) is 4.11. The molecule has 2 N–H and O–H groups in total. The number of amides is 1. The maximum absolute atomic E-state index is 12.0. The van der Waals surface area contributed by atoms with Crippen LogP contribution < -0.4 is 15.4 Å². The zero-order valence-corrected chi connectivity index (χ0v) is 11.3. The summed E-state index contributed by atoms with van der Waals surface area (Å²) in [5.74, 6) is 0.876. The van der Waals surface area contributed by atoms with Crippen molar-refractivity contribution >= 4 is 24.0 Å². The molecule has 0 radical (unpaired) electrons. The Labute approximate surface area is 114 Å². The molecule has 1 aromatic rings. The Morgan fingerprint density at radius 3 is 2.94 bits per heavy atom. The molecule has 0 spiro atoms. The summed E-state index contributed by atoms with van der Waals surface area (Å²) in [5, 5.41) is 6.12. The van der Waals surface area contributed by atoms with Crippen molar-refractivity contribution in [3.63, 3.8) is 0 Å². The standard InChI is InChI=1S/C13H18N2O2.ClH/c1-2-17-12-6-4-3-5-11(12)15-13(16)10-7-8-14-9-10;/h3-6,10,14H,2,7-9H2,1H3,(H,15,16);1H. The predicted molar refractivity (Wildman–Crippen MR) is 74.5 cm³/mol.